The summed E-state index contributed by atoms with van der Waals surface area (Å²) in [5.41, 5.74) is 1.04. The van der Waals surface area contributed by atoms with Crippen LogP contribution in [0.4, 0.5) is 0 Å². The molecule has 2 aromatic rings. The molecule has 17 heavy (non-hydrogen) atoms. The van der Waals surface area contributed by atoms with Crippen molar-refractivity contribution >= 4 is 0 Å². The van der Waals surface area contributed by atoms with Crippen LogP contribution in [0.3, 0.4) is 0 Å². The van der Waals surface area contributed by atoms with Gasteiger partial charge in [-0.05, 0) is 0 Å². The first-order valence-corrected chi connectivity index (χ1v) is 5.69. The van der Waals surface area contributed by atoms with Crippen molar-refractivity contribution in [2.45, 2.75) is 6.10 Å². The Kier molecular flexibility index (Phi) is 2.66. The first kappa shape index (κ1) is 10.5. The van der Waals surface area contributed by atoms with Gasteiger partial charge in [-0.15, -0.1) is 0 Å². The molecule has 2 aromatic heterocycles. The molecule has 0 saturated carbocycles. The Labute approximate surface area is 99.2 Å². The maximum absolute atomic E-state index is 5.73. The maximum atomic E-state index is 5.73. The van der Waals surface area contributed by atoms with E-state index in [9.17, 15) is 0 Å². The summed E-state index contributed by atoms with van der Waals surface area (Å²) >= 11 is 0. The minimum Gasteiger partial charge on any atom is -0.369 e. The highest BCUT2D eigenvalue weighted by Crippen LogP contribution is 2.20. The van der Waals surface area contributed by atoms with Crippen LogP contribution in [0.5, 0.6) is 0 Å². The Morgan fingerprint density at radius 1 is 1.53 bits per heavy atom. The third-order valence-corrected chi connectivity index (χ3v) is 2.87. The average Bonchev–Trinajstić information content (AvgIpc) is 2.98. The maximum Gasteiger partial charge on any atom is 0.160 e. The smallest absolute Gasteiger partial charge is 0.160 e. The first-order chi connectivity index (χ1) is 8.34. The summed E-state index contributed by atoms with van der Waals surface area (Å²) in [6.45, 7) is 2.46. The number of ether oxygens (including phenoxy) is 1. The van der Waals surface area contributed by atoms with Gasteiger partial charge in [-0.3, -0.25) is 9.25 Å². The minimum absolute atomic E-state index is 0.0493. The zero-order valence-corrected chi connectivity index (χ0v) is 9.71. The summed E-state index contributed by atoms with van der Waals surface area (Å²) in [6, 6.07) is 1.96. The lowest BCUT2D eigenvalue weighted by atomic mass is 10.2. The Bertz CT molecular complexity index is 497. The molecule has 1 saturated heterocycles. The van der Waals surface area contributed by atoms with E-state index in [1.807, 2.05) is 30.1 Å². The van der Waals surface area contributed by atoms with Gasteiger partial charge in [0, 0.05) is 32.4 Å². The minimum atomic E-state index is 0.0493. The van der Waals surface area contributed by atoms with Crippen LogP contribution < -0.4 is 5.32 Å². The van der Waals surface area contributed by atoms with Gasteiger partial charge < -0.3 is 10.1 Å². The molecule has 3 rings (SSSR count). The highest BCUT2D eigenvalue weighted by atomic mass is 16.5. The Morgan fingerprint density at radius 3 is 3.18 bits per heavy atom. The zero-order valence-electron chi connectivity index (χ0n) is 9.71. The highest BCUT2D eigenvalue weighted by molar-refractivity contribution is 5.25. The predicted molar refractivity (Wildman–Crippen MR) is 61.9 cm³/mol. The molecule has 1 aliphatic rings. The Morgan fingerprint density at radius 2 is 2.47 bits per heavy atom. The molecule has 0 radical (unpaired) electrons. The molecule has 6 heteroatoms. The summed E-state index contributed by atoms with van der Waals surface area (Å²) < 4.78 is 9.48. The third-order valence-electron chi connectivity index (χ3n) is 2.87. The van der Waals surface area contributed by atoms with E-state index in [1.165, 1.54) is 0 Å². The molecule has 0 amide bonds. The van der Waals surface area contributed by atoms with Gasteiger partial charge in [-0.25, -0.2) is 4.98 Å². The predicted octanol–water partition coefficient (Wildman–Crippen LogP) is 0.267. The molecule has 1 unspecified atom stereocenters. The van der Waals surface area contributed by atoms with Crippen molar-refractivity contribution in [3.8, 4) is 5.82 Å². The molecular weight excluding hydrogens is 218 g/mol. The molecule has 1 aliphatic heterocycles. The molecule has 6 nitrogen and oxygen atoms in total. The van der Waals surface area contributed by atoms with Crippen LogP contribution in [-0.2, 0) is 11.8 Å². The molecule has 90 valence electrons. The van der Waals surface area contributed by atoms with E-state index < -0.39 is 0 Å². The van der Waals surface area contributed by atoms with Crippen LogP contribution in [0.15, 0.2) is 24.8 Å². The summed E-state index contributed by atoms with van der Waals surface area (Å²) in [5.74, 6) is 0.870. The largest absolute Gasteiger partial charge is 0.369 e. The van der Waals surface area contributed by atoms with Crippen molar-refractivity contribution in [1.82, 2.24) is 24.6 Å². The second-order valence-corrected chi connectivity index (χ2v) is 4.10. The number of rotatable bonds is 2. The topological polar surface area (TPSA) is 56.9 Å². The normalized spacial score (nSPS) is 20.6. The summed E-state index contributed by atoms with van der Waals surface area (Å²) in [4.78, 5) is 4.19. The van der Waals surface area contributed by atoms with Gasteiger partial charge in [0.15, 0.2) is 5.82 Å². The highest BCUT2D eigenvalue weighted by Gasteiger charge is 2.20. The fourth-order valence-electron chi connectivity index (χ4n) is 2.02. The summed E-state index contributed by atoms with van der Waals surface area (Å²) in [7, 11) is 1.90. The lowest BCUT2D eigenvalue weighted by Gasteiger charge is -2.23. The number of nitrogens with zero attached hydrogens (tertiary/aromatic N) is 4. The molecule has 3 heterocycles. The summed E-state index contributed by atoms with van der Waals surface area (Å²) in [6.07, 6.45) is 5.58. The summed E-state index contributed by atoms with van der Waals surface area (Å²) in [5, 5.41) is 7.69. The van der Waals surface area contributed by atoms with E-state index in [2.05, 4.69) is 15.4 Å². The van der Waals surface area contributed by atoms with E-state index in [4.69, 9.17) is 4.74 Å². The van der Waals surface area contributed by atoms with Crippen LogP contribution in [0, 0.1) is 0 Å². The SMILES string of the molecule is Cn1ccc(-n2cncc2C2CNCCO2)n1. The van der Waals surface area contributed by atoms with Crippen molar-refractivity contribution in [1.29, 1.82) is 0 Å². The van der Waals surface area contributed by atoms with E-state index in [0.29, 0.717) is 0 Å². The van der Waals surface area contributed by atoms with Gasteiger partial charge in [0.25, 0.3) is 0 Å². The fourth-order valence-corrected chi connectivity index (χ4v) is 2.02. The van der Waals surface area contributed by atoms with Crippen LogP contribution in [0.1, 0.15) is 11.8 Å². The van der Waals surface area contributed by atoms with Gasteiger partial charge in [-0.2, -0.15) is 5.10 Å². The number of hydrogen-bond acceptors (Lipinski definition) is 4. The Hall–Kier alpha value is -1.66. The average molecular weight is 233 g/mol. The van der Waals surface area contributed by atoms with Crippen molar-refractivity contribution < 1.29 is 4.74 Å². The molecule has 0 aromatic carbocycles. The molecule has 1 fully saturated rings. The molecule has 0 bridgehead atoms. The second-order valence-electron chi connectivity index (χ2n) is 4.10. The quantitative estimate of drug-likeness (QED) is 0.808. The first-order valence-electron chi connectivity index (χ1n) is 5.69. The molecular formula is C11H15N5O. The molecule has 1 N–H and O–H groups in total. The van der Waals surface area contributed by atoms with Crippen molar-refractivity contribution in [3.05, 3.63) is 30.5 Å². The fraction of sp³-hybridized carbons (Fsp3) is 0.455. The Balaban J connectivity index is 1.93. The van der Waals surface area contributed by atoms with E-state index >= 15 is 0 Å². The molecule has 1 atom stereocenters. The number of morpholine rings is 1. The monoisotopic (exact) mass is 233 g/mol. The van der Waals surface area contributed by atoms with Crippen LogP contribution in [-0.4, -0.2) is 39.0 Å². The number of aryl methyl sites for hydroxylation is 1. The van der Waals surface area contributed by atoms with Gasteiger partial charge in [-0.1, -0.05) is 0 Å². The van der Waals surface area contributed by atoms with Crippen LogP contribution in [0.25, 0.3) is 5.82 Å². The van der Waals surface area contributed by atoms with Gasteiger partial charge >= 0.3 is 0 Å². The zero-order chi connectivity index (χ0) is 11.7. The second kappa shape index (κ2) is 4.31. The van der Waals surface area contributed by atoms with Gasteiger partial charge in [0.1, 0.15) is 12.4 Å². The van der Waals surface area contributed by atoms with Crippen LogP contribution in [0.2, 0.25) is 0 Å². The van der Waals surface area contributed by atoms with Crippen molar-refractivity contribution in [2.24, 2.45) is 7.05 Å². The number of nitrogens with one attached hydrogen (secondary N) is 1. The van der Waals surface area contributed by atoms with E-state index in [-0.39, 0.29) is 6.10 Å². The van der Waals surface area contributed by atoms with Gasteiger partial charge in [0.05, 0.1) is 18.5 Å². The lowest BCUT2D eigenvalue weighted by Crippen LogP contribution is -2.34. The van der Waals surface area contributed by atoms with Gasteiger partial charge in [0.2, 0.25) is 0 Å². The number of imidazole rings is 1. The molecule has 0 spiro atoms. The van der Waals surface area contributed by atoms with E-state index in [0.717, 1.165) is 31.2 Å². The lowest BCUT2D eigenvalue weighted by molar-refractivity contribution is 0.0240. The van der Waals surface area contributed by atoms with Crippen LogP contribution >= 0.6 is 0 Å². The standard InChI is InChI=1S/C11H15N5O/c1-15-4-2-11(14-15)16-8-13-6-9(16)10-7-12-3-5-17-10/h2,4,6,8,10,12H,3,5,7H2,1H3. The molecule has 0 aliphatic carbocycles. The number of hydrogen-bond donors (Lipinski definition) is 1. The third kappa shape index (κ3) is 1.96. The van der Waals surface area contributed by atoms with Crippen molar-refractivity contribution in [3.63, 3.8) is 0 Å². The van der Waals surface area contributed by atoms with Crippen molar-refractivity contribution in [2.75, 3.05) is 19.7 Å². The van der Waals surface area contributed by atoms with E-state index in [1.54, 1.807) is 11.0 Å². The number of aromatic nitrogens is 4.